The van der Waals surface area contributed by atoms with Crippen molar-refractivity contribution in [2.75, 3.05) is 38.8 Å². The molecular formula is C27H43N3O7S. The van der Waals surface area contributed by atoms with Crippen LogP contribution in [0.25, 0.3) is 0 Å². The number of nitrogens with one attached hydrogen (secondary N) is 1. The number of aliphatic hydroxyl groups is 2. The molecular weight excluding hydrogens is 510 g/mol. The third-order valence-electron chi connectivity index (χ3n) is 7.42. The molecule has 10 nitrogen and oxygen atoms in total. The van der Waals surface area contributed by atoms with E-state index in [0.29, 0.717) is 22.9 Å². The summed E-state index contributed by atoms with van der Waals surface area (Å²) in [5.74, 6) is 0.222. The number of carbonyl (C=O) groups is 2. The first kappa shape index (κ1) is 30.6. The van der Waals surface area contributed by atoms with Crippen LogP contribution in [0, 0.1) is 5.92 Å². The zero-order valence-corrected chi connectivity index (χ0v) is 23.6. The van der Waals surface area contributed by atoms with Gasteiger partial charge in [-0.2, -0.15) is 0 Å². The number of nitrogens with two attached hydrogens (primary N) is 1. The van der Waals surface area contributed by atoms with Gasteiger partial charge >= 0.3 is 5.97 Å². The Hall–Kier alpha value is -1.89. The molecule has 2 heterocycles. The van der Waals surface area contributed by atoms with E-state index < -0.39 is 41.9 Å². The number of hydrogen-bond donors (Lipinski definition) is 4. The number of anilines is 1. The zero-order chi connectivity index (χ0) is 27.8. The van der Waals surface area contributed by atoms with Crippen molar-refractivity contribution in [2.24, 2.45) is 5.92 Å². The smallest absolute Gasteiger partial charge is 0.340 e. The number of methoxy groups -OCH3 is 1. The molecule has 2 fully saturated rings. The Morgan fingerprint density at radius 3 is 2.68 bits per heavy atom. The van der Waals surface area contributed by atoms with Crippen LogP contribution < -0.4 is 11.1 Å². The van der Waals surface area contributed by atoms with E-state index in [2.05, 4.69) is 17.1 Å². The van der Waals surface area contributed by atoms with E-state index in [0.717, 1.165) is 25.8 Å². The van der Waals surface area contributed by atoms with Gasteiger partial charge in [0.05, 0.1) is 36.0 Å². The maximum absolute atomic E-state index is 13.3. The van der Waals surface area contributed by atoms with E-state index >= 15 is 0 Å². The van der Waals surface area contributed by atoms with Gasteiger partial charge in [-0.05, 0) is 44.9 Å². The zero-order valence-electron chi connectivity index (χ0n) is 22.7. The van der Waals surface area contributed by atoms with Gasteiger partial charge in [-0.15, -0.1) is 11.8 Å². The van der Waals surface area contributed by atoms with Crippen molar-refractivity contribution >= 4 is 29.3 Å². The Bertz CT molecular complexity index is 922. The van der Waals surface area contributed by atoms with Crippen LogP contribution >= 0.6 is 11.8 Å². The first-order valence-corrected chi connectivity index (χ1v) is 14.4. The van der Waals surface area contributed by atoms with Gasteiger partial charge in [-0.1, -0.05) is 25.5 Å². The number of hydrogen-bond acceptors (Lipinski definition) is 10. The topological polar surface area (TPSA) is 144 Å². The molecule has 3 rings (SSSR count). The molecule has 1 aromatic carbocycles. The van der Waals surface area contributed by atoms with E-state index in [9.17, 15) is 19.8 Å². The second-order valence-electron chi connectivity index (χ2n) is 10.3. The van der Waals surface area contributed by atoms with Crippen LogP contribution in [0.15, 0.2) is 24.3 Å². The number of nitrogen functional groups attached to an aromatic ring is 1. The highest BCUT2D eigenvalue weighted by Gasteiger charge is 2.44. The first-order valence-electron chi connectivity index (χ1n) is 13.3. The maximum atomic E-state index is 13.3. The van der Waals surface area contributed by atoms with Crippen molar-refractivity contribution in [1.82, 2.24) is 10.2 Å². The minimum absolute atomic E-state index is 0.0907. The summed E-state index contributed by atoms with van der Waals surface area (Å²) in [5, 5.41) is 24.5. The Morgan fingerprint density at radius 2 is 2.00 bits per heavy atom. The van der Waals surface area contributed by atoms with Crippen LogP contribution in [0.5, 0.6) is 0 Å². The number of carbonyl (C=O) groups excluding carboxylic acids is 2. The molecule has 8 atom stereocenters. The summed E-state index contributed by atoms with van der Waals surface area (Å²) in [4.78, 5) is 27.7. The van der Waals surface area contributed by atoms with Gasteiger partial charge in [0.15, 0.2) is 0 Å². The van der Waals surface area contributed by atoms with Gasteiger partial charge in [0, 0.05) is 31.5 Å². The molecule has 214 valence electrons. The van der Waals surface area contributed by atoms with Crippen molar-refractivity contribution < 1.29 is 34.0 Å². The Morgan fingerprint density at radius 1 is 1.26 bits per heavy atom. The molecule has 0 spiro atoms. The number of likely N-dealkylation sites (tertiary alicyclic amines) is 1. The van der Waals surface area contributed by atoms with Crippen LogP contribution in [-0.2, 0) is 19.0 Å². The lowest BCUT2D eigenvalue weighted by atomic mass is 9.93. The largest absolute Gasteiger partial charge is 0.461 e. The molecule has 0 aromatic heterocycles. The quantitative estimate of drug-likeness (QED) is 0.171. The highest BCUT2D eigenvalue weighted by molar-refractivity contribution is 7.99. The number of aliphatic hydroxyl groups excluding tert-OH is 2. The van der Waals surface area contributed by atoms with Gasteiger partial charge in [-0.3, -0.25) is 9.69 Å². The number of likely N-dealkylation sites (N-methyl/N-ethyl adjacent to an activating group) is 1. The average Bonchev–Trinajstić information content (AvgIpc) is 3.26. The molecule has 1 aromatic rings. The van der Waals surface area contributed by atoms with Crippen LogP contribution in [0.3, 0.4) is 0 Å². The van der Waals surface area contributed by atoms with Crippen molar-refractivity contribution in [1.29, 1.82) is 0 Å². The van der Waals surface area contributed by atoms with E-state index in [1.807, 2.05) is 14.0 Å². The molecule has 0 saturated carbocycles. The predicted molar refractivity (Wildman–Crippen MR) is 147 cm³/mol. The molecule has 5 N–H and O–H groups in total. The van der Waals surface area contributed by atoms with Gasteiger partial charge in [-0.25, -0.2) is 4.79 Å². The molecule has 0 unspecified atom stereocenters. The van der Waals surface area contributed by atoms with Gasteiger partial charge < -0.3 is 35.5 Å². The van der Waals surface area contributed by atoms with Crippen LogP contribution in [-0.4, -0.2) is 102 Å². The fourth-order valence-corrected chi connectivity index (χ4v) is 6.22. The summed E-state index contributed by atoms with van der Waals surface area (Å²) in [6.45, 7) is 4.95. The number of ether oxygens (including phenoxy) is 3. The second kappa shape index (κ2) is 14.5. The summed E-state index contributed by atoms with van der Waals surface area (Å²) < 4.78 is 17.0. The summed E-state index contributed by atoms with van der Waals surface area (Å²) in [6.07, 6.45) is -0.0690. The molecule has 0 bridgehead atoms. The monoisotopic (exact) mass is 553 g/mol. The molecule has 0 radical (unpaired) electrons. The molecule has 1 amide bonds. The number of nitrogens with zero attached hydrogens (tertiary/aromatic N) is 1. The van der Waals surface area contributed by atoms with E-state index in [1.165, 1.54) is 11.8 Å². The number of thioether (sulfide) groups is 1. The maximum Gasteiger partial charge on any atom is 0.340 e. The minimum atomic E-state index is -0.988. The van der Waals surface area contributed by atoms with E-state index in [-0.39, 0.29) is 25.0 Å². The standard InChI is InChI=1S/C27H43N3O7S/c1-5-8-17-13-20(30(3)15-17)25(33)29-23(16(2)35-4)24-21(31)14-22(32)27(37-24)38-12-11-36-26(34)18-9-6-7-10-19(18)28/h6-7,9-10,16-17,20-24,27,31-32H,5,8,11-15,28H2,1-4H3,(H,29,33)/t16-,17-,20+,21-,22-,23-,24+,27-/m1/s1. The average molecular weight is 554 g/mol. The first-order chi connectivity index (χ1) is 18.2. The summed E-state index contributed by atoms with van der Waals surface area (Å²) in [7, 11) is 3.51. The summed E-state index contributed by atoms with van der Waals surface area (Å²) in [5.41, 5.74) is 5.81. The Kier molecular flexibility index (Phi) is 11.7. The lowest BCUT2D eigenvalue weighted by molar-refractivity contribution is -0.163. The third-order valence-corrected chi connectivity index (χ3v) is 8.58. The van der Waals surface area contributed by atoms with E-state index in [4.69, 9.17) is 19.9 Å². The van der Waals surface area contributed by atoms with Crippen molar-refractivity contribution in [3.8, 4) is 0 Å². The minimum Gasteiger partial charge on any atom is -0.461 e. The van der Waals surface area contributed by atoms with Gasteiger partial charge in [0.1, 0.15) is 18.1 Å². The molecule has 0 aliphatic carbocycles. The Balaban J connectivity index is 1.58. The van der Waals surface area contributed by atoms with Crippen molar-refractivity contribution in [3.05, 3.63) is 29.8 Å². The van der Waals surface area contributed by atoms with Crippen LogP contribution in [0.4, 0.5) is 5.69 Å². The van der Waals surface area contributed by atoms with Crippen LogP contribution in [0.1, 0.15) is 49.9 Å². The molecule has 38 heavy (non-hydrogen) atoms. The molecule has 2 aliphatic rings. The Labute approximate surface area is 229 Å². The fraction of sp³-hybridized carbons (Fsp3) is 0.704. The molecule has 2 aliphatic heterocycles. The SMILES string of the molecule is CCC[C@@H]1C[C@@H](C(=O)N[C@@H]([C@H]2O[C@H](SCCOC(=O)c3ccccc3N)[C@H](O)C[C@H]2O)[C@@H](C)OC)N(C)C1. The van der Waals surface area contributed by atoms with Gasteiger partial charge in [0.2, 0.25) is 5.91 Å². The molecule has 11 heteroatoms. The molecule has 2 saturated heterocycles. The number of benzene rings is 1. The lowest BCUT2D eigenvalue weighted by Gasteiger charge is -2.42. The number of rotatable bonds is 12. The number of esters is 1. The second-order valence-corrected chi connectivity index (χ2v) is 11.5. The van der Waals surface area contributed by atoms with Crippen molar-refractivity contribution in [3.63, 3.8) is 0 Å². The van der Waals surface area contributed by atoms with Crippen molar-refractivity contribution in [2.45, 2.75) is 81.5 Å². The lowest BCUT2D eigenvalue weighted by Crippen LogP contribution is -2.61. The predicted octanol–water partition coefficient (Wildman–Crippen LogP) is 1.64. The highest BCUT2D eigenvalue weighted by Crippen LogP contribution is 2.31. The fourth-order valence-electron chi connectivity index (χ4n) is 5.27. The number of amides is 1. The summed E-state index contributed by atoms with van der Waals surface area (Å²) in [6, 6.07) is 5.82. The van der Waals surface area contributed by atoms with Crippen LogP contribution in [0.2, 0.25) is 0 Å². The third kappa shape index (κ3) is 7.83. The number of para-hydroxylation sites is 1. The van der Waals surface area contributed by atoms with Gasteiger partial charge in [0.25, 0.3) is 0 Å². The summed E-state index contributed by atoms with van der Waals surface area (Å²) >= 11 is 1.29. The highest BCUT2D eigenvalue weighted by atomic mass is 32.2. The van der Waals surface area contributed by atoms with E-state index in [1.54, 1.807) is 31.4 Å². The normalized spacial score (nSPS) is 29.5.